The molecule has 0 amide bonds. The minimum Gasteiger partial charge on any atom is -0.408 e. The smallest absolute Gasteiger partial charge is 0.408 e. The summed E-state index contributed by atoms with van der Waals surface area (Å²) in [5, 5.41) is 8.87. The van der Waals surface area contributed by atoms with Crippen molar-refractivity contribution in [1.82, 2.24) is 4.57 Å². The topological polar surface area (TPSA) is 85.0 Å². The molecule has 21 heavy (non-hydrogen) atoms. The second-order valence-electron chi connectivity index (χ2n) is 4.60. The number of aromatic nitrogens is 1. The van der Waals surface area contributed by atoms with E-state index in [9.17, 15) is 9.18 Å². The van der Waals surface area contributed by atoms with E-state index in [1.807, 2.05) is 6.07 Å². The molecule has 1 aromatic heterocycles. The summed E-state index contributed by atoms with van der Waals surface area (Å²) in [5.74, 6) is -1.09. The maximum atomic E-state index is 13.8. The third kappa shape index (κ3) is 2.25. The monoisotopic (exact) mass is 283 g/mol. The molecule has 0 aliphatic heterocycles. The molecule has 3 aromatic rings. The largest absolute Gasteiger partial charge is 0.420 e. The van der Waals surface area contributed by atoms with E-state index in [1.54, 1.807) is 18.2 Å². The minimum atomic E-state index is -0.600. The van der Waals surface area contributed by atoms with E-state index >= 15 is 0 Å². The Balaban J connectivity index is 2.14. The Hall–Kier alpha value is -3.07. The average Bonchev–Trinajstić information content (AvgIpc) is 2.77. The zero-order valence-corrected chi connectivity index (χ0v) is 10.8. The molecule has 0 aliphatic carbocycles. The SMILES string of the molecule is N#Cc1ccc(F)c(Cn2c(=O)oc3ccc(N)cc32)c1. The third-order valence-electron chi connectivity index (χ3n) is 3.19. The summed E-state index contributed by atoms with van der Waals surface area (Å²) < 4.78 is 20.2. The van der Waals surface area contributed by atoms with Crippen molar-refractivity contribution >= 4 is 16.8 Å². The van der Waals surface area contributed by atoms with Crippen LogP contribution in [0.25, 0.3) is 11.1 Å². The number of hydrogen-bond donors (Lipinski definition) is 1. The van der Waals surface area contributed by atoms with Gasteiger partial charge in [0.15, 0.2) is 5.58 Å². The van der Waals surface area contributed by atoms with Crippen molar-refractivity contribution in [1.29, 1.82) is 5.26 Å². The lowest BCUT2D eigenvalue weighted by Gasteiger charge is -2.05. The van der Waals surface area contributed by atoms with Gasteiger partial charge in [-0.3, -0.25) is 4.57 Å². The van der Waals surface area contributed by atoms with E-state index in [0.717, 1.165) is 0 Å². The minimum absolute atomic E-state index is 0.0311. The Bertz CT molecular complexity index is 934. The number of benzene rings is 2. The summed E-state index contributed by atoms with van der Waals surface area (Å²) in [6, 6.07) is 10.7. The van der Waals surface area contributed by atoms with E-state index in [1.165, 1.54) is 22.8 Å². The van der Waals surface area contributed by atoms with E-state index in [0.29, 0.717) is 22.4 Å². The van der Waals surface area contributed by atoms with Gasteiger partial charge in [-0.25, -0.2) is 9.18 Å². The Morgan fingerprint density at radius 3 is 2.86 bits per heavy atom. The van der Waals surface area contributed by atoms with Crippen molar-refractivity contribution in [2.75, 3.05) is 5.73 Å². The average molecular weight is 283 g/mol. The first-order valence-electron chi connectivity index (χ1n) is 6.16. The highest BCUT2D eigenvalue weighted by molar-refractivity contribution is 5.77. The van der Waals surface area contributed by atoms with Crippen LogP contribution < -0.4 is 11.5 Å². The van der Waals surface area contributed by atoms with Crippen LogP contribution >= 0.6 is 0 Å². The van der Waals surface area contributed by atoms with Gasteiger partial charge >= 0.3 is 5.76 Å². The second-order valence-corrected chi connectivity index (χ2v) is 4.60. The van der Waals surface area contributed by atoms with Crippen LogP contribution in [0.15, 0.2) is 45.6 Å². The van der Waals surface area contributed by atoms with Crippen molar-refractivity contribution < 1.29 is 8.81 Å². The number of nitrogen functional groups attached to an aromatic ring is 1. The first kappa shape index (κ1) is 12.9. The summed E-state index contributed by atoms with van der Waals surface area (Å²) in [5.41, 5.74) is 7.60. The third-order valence-corrected chi connectivity index (χ3v) is 3.19. The van der Waals surface area contributed by atoms with Crippen LogP contribution in [0.4, 0.5) is 10.1 Å². The normalized spacial score (nSPS) is 10.7. The van der Waals surface area contributed by atoms with Gasteiger partial charge in [0.1, 0.15) is 5.82 Å². The number of nitrogens with two attached hydrogens (primary N) is 1. The molecule has 1 heterocycles. The molecule has 0 fully saturated rings. The number of nitriles is 1. The fourth-order valence-corrected chi connectivity index (χ4v) is 2.16. The van der Waals surface area contributed by atoms with Gasteiger partial charge in [0.25, 0.3) is 0 Å². The highest BCUT2D eigenvalue weighted by Crippen LogP contribution is 2.19. The molecule has 0 saturated carbocycles. The fourth-order valence-electron chi connectivity index (χ4n) is 2.16. The molecule has 2 N–H and O–H groups in total. The van der Waals surface area contributed by atoms with Crippen LogP contribution in [0.5, 0.6) is 0 Å². The first-order chi connectivity index (χ1) is 10.1. The molecule has 0 spiro atoms. The number of rotatable bonds is 2. The van der Waals surface area contributed by atoms with Crippen LogP contribution in [0.3, 0.4) is 0 Å². The maximum absolute atomic E-state index is 13.8. The predicted molar refractivity (Wildman–Crippen MR) is 75.1 cm³/mol. The van der Waals surface area contributed by atoms with Crippen LogP contribution in [-0.4, -0.2) is 4.57 Å². The predicted octanol–water partition coefficient (Wildman–Crippen LogP) is 2.24. The number of nitrogens with zero attached hydrogens (tertiary/aromatic N) is 2. The van der Waals surface area contributed by atoms with Crippen molar-refractivity contribution in [3.05, 3.63) is 63.9 Å². The van der Waals surface area contributed by atoms with Crippen molar-refractivity contribution in [2.45, 2.75) is 6.54 Å². The van der Waals surface area contributed by atoms with Gasteiger partial charge in [-0.15, -0.1) is 0 Å². The van der Waals surface area contributed by atoms with Crippen LogP contribution in [-0.2, 0) is 6.54 Å². The highest BCUT2D eigenvalue weighted by atomic mass is 19.1. The molecule has 0 radical (unpaired) electrons. The molecule has 3 rings (SSSR count). The molecule has 0 aliphatic rings. The van der Waals surface area contributed by atoms with Crippen LogP contribution in [0, 0.1) is 17.1 Å². The zero-order valence-electron chi connectivity index (χ0n) is 10.8. The van der Waals surface area contributed by atoms with Gasteiger partial charge in [0, 0.05) is 11.3 Å². The van der Waals surface area contributed by atoms with E-state index in [4.69, 9.17) is 15.4 Å². The lowest BCUT2D eigenvalue weighted by molar-refractivity contribution is 0.512. The summed E-state index contributed by atoms with van der Waals surface area (Å²) in [7, 11) is 0. The van der Waals surface area contributed by atoms with Crippen LogP contribution in [0.2, 0.25) is 0 Å². The molecule has 0 atom stereocenters. The molecule has 0 saturated heterocycles. The van der Waals surface area contributed by atoms with Crippen molar-refractivity contribution in [2.24, 2.45) is 0 Å². The Kier molecular flexibility index (Phi) is 2.95. The lowest BCUT2D eigenvalue weighted by atomic mass is 10.1. The van der Waals surface area contributed by atoms with Crippen molar-refractivity contribution in [3.63, 3.8) is 0 Å². The summed E-state index contributed by atoms with van der Waals surface area (Å²) in [6.07, 6.45) is 0. The van der Waals surface area contributed by atoms with Gasteiger partial charge in [-0.2, -0.15) is 5.26 Å². The number of anilines is 1. The zero-order chi connectivity index (χ0) is 15.0. The number of hydrogen-bond acceptors (Lipinski definition) is 4. The van der Waals surface area contributed by atoms with Crippen molar-refractivity contribution in [3.8, 4) is 6.07 Å². The van der Waals surface area contributed by atoms with Gasteiger partial charge < -0.3 is 10.2 Å². The van der Waals surface area contributed by atoms with Gasteiger partial charge in [-0.1, -0.05) is 0 Å². The molecule has 0 unspecified atom stereocenters. The lowest BCUT2D eigenvalue weighted by Crippen LogP contribution is -2.15. The fraction of sp³-hybridized carbons (Fsp3) is 0.0667. The van der Waals surface area contributed by atoms with Gasteiger partial charge in [0.05, 0.1) is 23.7 Å². The summed E-state index contributed by atoms with van der Waals surface area (Å²) in [6.45, 7) is -0.0311. The molecule has 5 nitrogen and oxygen atoms in total. The molecular weight excluding hydrogens is 273 g/mol. The molecule has 104 valence electrons. The Morgan fingerprint density at radius 2 is 2.10 bits per heavy atom. The van der Waals surface area contributed by atoms with E-state index in [-0.39, 0.29) is 12.1 Å². The number of halogens is 1. The van der Waals surface area contributed by atoms with E-state index < -0.39 is 11.6 Å². The van der Waals surface area contributed by atoms with E-state index in [2.05, 4.69) is 0 Å². The quantitative estimate of drug-likeness (QED) is 0.731. The Labute approximate surface area is 118 Å². The Morgan fingerprint density at radius 1 is 1.29 bits per heavy atom. The van der Waals surface area contributed by atoms with Gasteiger partial charge in [0.2, 0.25) is 0 Å². The summed E-state index contributed by atoms with van der Waals surface area (Å²) >= 11 is 0. The molecule has 0 bridgehead atoms. The summed E-state index contributed by atoms with van der Waals surface area (Å²) in [4.78, 5) is 11.9. The maximum Gasteiger partial charge on any atom is 0.420 e. The molecular formula is C15H10FN3O2. The number of oxazole rings is 1. The van der Waals surface area contributed by atoms with Crippen LogP contribution in [0.1, 0.15) is 11.1 Å². The number of fused-ring (bicyclic) bond motifs is 1. The standard InChI is InChI=1S/C15H10FN3O2/c16-12-3-1-9(7-17)5-10(12)8-19-13-6-11(18)2-4-14(13)21-15(19)20/h1-6H,8,18H2. The second kappa shape index (κ2) is 4.80. The van der Waals surface area contributed by atoms with Gasteiger partial charge in [-0.05, 0) is 36.4 Å². The molecule has 6 heteroatoms. The highest BCUT2D eigenvalue weighted by Gasteiger charge is 2.12. The first-order valence-corrected chi connectivity index (χ1v) is 6.16. The molecule has 2 aromatic carbocycles.